The summed E-state index contributed by atoms with van der Waals surface area (Å²) in [5, 5.41) is 3.89. The van der Waals surface area contributed by atoms with Gasteiger partial charge in [-0.3, -0.25) is 9.69 Å². The van der Waals surface area contributed by atoms with Crippen molar-refractivity contribution in [3.05, 3.63) is 35.5 Å². The van der Waals surface area contributed by atoms with Crippen LogP contribution in [0.2, 0.25) is 0 Å². The van der Waals surface area contributed by atoms with Gasteiger partial charge >= 0.3 is 0 Å². The molecule has 2 heterocycles. The Morgan fingerprint density at radius 2 is 2.00 bits per heavy atom. The number of ketones is 1. The Morgan fingerprint density at radius 1 is 1.22 bits per heavy atom. The molecule has 0 saturated carbocycles. The second-order valence-electron chi connectivity index (χ2n) is 6.61. The van der Waals surface area contributed by atoms with Crippen LogP contribution < -0.4 is 9.47 Å². The third-order valence-electron chi connectivity index (χ3n) is 4.65. The van der Waals surface area contributed by atoms with E-state index in [0.29, 0.717) is 48.5 Å². The van der Waals surface area contributed by atoms with Crippen molar-refractivity contribution >= 4 is 5.78 Å². The molecule has 2 aromatic rings. The summed E-state index contributed by atoms with van der Waals surface area (Å²) in [7, 11) is 0. The van der Waals surface area contributed by atoms with E-state index in [4.69, 9.17) is 14.0 Å². The van der Waals surface area contributed by atoms with Gasteiger partial charge in [0.1, 0.15) is 0 Å². The summed E-state index contributed by atoms with van der Waals surface area (Å²) in [5.74, 6) is 2.53. The van der Waals surface area contributed by atoms with Crippen molar-refractivity contribution < 1.29 is 18.8 Å². The van der Waals surface area contributed by atoms with Crippen LogP contribution in [0.3, 0.4) is 0 Å². The highest BCUT2D eigenvalue weighted by Gasteiger charge is 2.30. The maximum atomic E-state index is 12.9. The molecule has 0 radical (unpaired) electrons. The van der Waals surface area contributed by atoms with Gasteiger partial charge in [0.25, 0.3) is 0 Å². The topological polar surface area (TPSA) is 77.7 Å². The van der Waals surface area contributed by atoms with E-state index in [1.165, 1.54) is 0 Å². The highest BCUT2D eigenvalue weighted by molar-refractivity contribution is 5.98. The van der Waals surface area contributed by atoms with Crippen LogP contribution >= 0.6 is 0 Å². The Labute approximate surface area is 159 Å². The summed E-state index contributed by atoms with van der Waals surface area (Å²) in [6.07, 6.45) is 3.07. The monoisotopic (exact) mass is 373 g/mol. The minimum atomic E-state index is -0.00189. The first kappa shape index (κ1) is 19.4. The fraction of sp³-hybridized carbons (Fsp3) is 0.550. The van der Waals surface area contributed by atoms with Crippen LogP contribution in [0.25, 0.3) is 0 Å². The molecule has 1 aliphatic heterocycles. The average Bonchev–Trinajstić information content (AvgIpc) is 3.10. The van der Waals surface area contributed by atoms with Gasteiger partial charge in [0.15, 0.2) is 23.1 Å². The van der Waals surface area contributed by atoms with Gasteiger partial charge in [-0.25, -0.2) is 0 Å². The van der Waals surface area contributed by atoms with Crippen molar-refractivity contribution in [2.24, 2.45) is 0 Å². The lowest BCUT2D eigenvalue weighted by Gasteiger charge is -2.32. The maximum Gasteiger partial charge on any atom is 0.243 e. The number of carbonyl (C=O) groups excluding carboxylic acids is 1. The van der Waals surface area contributed by atoms with E-state index in [1.54, 1.807) is 25.1 Å². The normalized spacial score (nSPS) is 17.7. The molecule has 0 unspecified atom stereocenters. The molecule has 3 rings (SSSR count). The molecular formula is C20H27N3O4. The number of aryl methyl sites for hydroxylation is 1. The second kappa shape index (κ2) is 8.99. The van der Waals surface area contributed by atoms with Crippen molar-refractivity contribution in [1.29, 1.82) is 0 Å². The summed E-state index contributed by atoms with van der Waals surface area (Å²) >= 11 is 0. The number of piperidine rings is 1. The Kier molecular flexibility index (Phi) is 6.45. The van der Waals surface area contributed by atoms with Crippen LogP contribution in [0.4, 0.5) is 0 Å². The van der Waals surface area contributed by atoms with E-state index < -0.39 is 0 Å². The molecule has 0 bridgehead atoms. The Bertz CT molecular complexity index is 774. The third kappa shape index (κ3) is 4.66. The average molecular weight is 373 g/mol. The first-order valence-corrected chi connectivity index (χ1v) is 9.59. The van der Waals surface area contributed by atoms with Crippen molar-refractivity contribution in [2.75, 3.05) is 26.3 Å². The lowest BCUT2D eigenvalue weighted by atomic mass is 10.0. The molecule has 1 fully saturated rings. The number of hydrogen-bond donors (Lipinski definition) is 0. The van der Waals surface area contributed by atoms with E-state index >= 15 is 0 Å². The zero-order chi connectivity index (χ0) is 19.2. The van der Waals surface area contributed by atoms with E-state index in [-0.39, 0.29) is 11.8 Å². The van der Waals surface area contributed by atoms with Crippen LogP contribution in [0, 0.1) is 6.92 Å². The zero-order valence-corrected chi connectivity index (χ0v) is 16.2. The summed E-state index contributed by atoms with van der Waals surface area (Å²) < 4.78 is 16.6. The number of aromatic nitrogens is 2. The van der Waals surface area contributed by atoms with Crippen molar-refractivity contribution in [3.8, 4) is 11.5 Å². The van der Waals surface area contributed by atoms with Crippen molar-refractivity contribution in [3.63, 3.8) is 0 Å². The predicted molar refractivity (Wildman–Crippen MR) is 100 cm³/mol. The Morgan fingerprint density at radius 3 is 2.70 bits per heavy atom. The smallest absolute Gasteiger partial charge is 0.243 e. The number of benzene rings is 1. The minimum Gasteiger partial charge on any atom is -0.490 e. The summed E-state index contributed by atoms with van der Waals surface area (Å²) in [6.45, 7) is 7.85. The van der Waals surface area contributed by atoms with E-state index in [1.807, 2.05) is 13.8 Å². The van der Waals surface area contributed by atoms with Crippen molar-refractivity contribution in [1.82, 2.24) is 15.0 Å². The van der Waals surface area contributed by atoms with Gasteiger partial charge in [0.2, 0.25) is 5.89 Å². The van der Waals surface area contributed by atoms with Gasteiger partial charge in [0, 0.05) is 5.56 Å². The minimum absolute atomic E-state index is 0.00189. The van der Waals surface area contributed by atoms with Crippen LogP contribution in [-0.4, -0.2) is 47.1 Å². The molecule has 1 atom stereocenters. The van der Waals surface area contributed by atoms with Gasteiger partial charge in [0.05, 0.1) is 25.8 Å². The number of likely N-dealkylation sites (tertiary alicyclic amines) is 1. The fourth-order valence-electron chi connectivity index (χ4n) is 3.41. The van der Waals surface area contributed by atoms with Crippen LogP contribution in [0.1, 0.15) is 61.2 Å². The molecule has 1 aromatic heterocycles. The zero-order valence-electron chi connectivity index (χ0n) is 16.2. The van der Waals surface area contributed by atoms with Crippen molar-refractivity contribution in [2.45, 2.75) is 46.1 Å². The summed E-state index contributed by atoms with van der Waals surface area (Å²) in [6, 6.07) is 5.37. The number of Topliss-reactive ketones (excluding diaryl/α,β-unsaturated/α-hetero) is 1. The molecule has 0 spiro atoms. The largest absolute Gasteiger partial charge is 0.490 e. The standard InChI is InChI=1S/C20H27N3O4/c1-4-25-18-10-9-15(12-19(18)26-5-2)17(24)13-23-11-7-6-8-16(23)20-21-14(3)22-27-20/h9-10,12,16H,4-8,11,13H2,1-3H3/t16-/m1/s1. The van der Waals surface area contributed by atoms with Crippen LogP contribution in [0.15, 0.2) is 22.7 Å². The number of rotatable bonds is 8. The number of ether oxygens (including phenoxy) is 2. The molecule has 1 saturated heterocycles. The molecule has 7 heteroatoms. The molecular weight excluding hydrogens is 346 g/mol. The molecule has 0 amide bonds. The first-order valence-electron chi connectivity index (χ1n) is 9.59. The molecule has 0 aliphatic carbocycles. The molecule has 27 heavy (non-hydrogen) atoms. The third-order valence-corrected chi connectivity index (χ3v) is 4.65. The van der Waals surface area contributed by atoms with Crippen LogP contribution in [-0.2, 0) is 0 Å². The number of hydrogen-bond acceptors (Lipinski definition) is 7. The summed E-state index contributed by atoms with van der Waals surface area (Å²) in [4.78, 5) is 19.4. The lowest BCUT2D eigenvalue weighted by Crippen LogP contribution is -2.37. The number of carbonyl (C=O) groups is 1. The molecule has 0 N–H and O–H groups in total. The Hall–Kier alpha value is -2.41. The van der Waals surface area contributed by atoms with Gasteiger partial charge in [-0.05, 0) is 58.4 Å². The van der Waals surface area contributed by atoms with Crippen LogP contribution in [0.5, 0.6) is 11.5 Å². The van der Waals surface area contributed by atoms with E-state index in [2.05, 4.69) is 15.0 Å². The predicted octanol–water partition coefficient (Wildman–Crippen LogP) is 3.59. The summed E-state index contributed by atoms with van der Waals surface area (Å²) in [5.41, 5.74) is 0.618. The molecule has 7 nitrogen and oxygen atoms in total. The number of nitrogens with zero attached hydrogens (tertiary/aromatic N) is 3. The molecule has 146 valence electrons. The van der Waals surface area contributed by atoms with Gasteiger partial charge in [-0.2, -0.15) is 4.98 Å². The lowest BCUT2D eigenvalue weighted by molar-refractivity contribution is 0.0793. The van der Waals surface area contributed by atoms with E-state index in [0.717, 1.165) is 25.8 Å². The SMILES string of the molecule is CCOc1ccc(C(=O)CN2CCCC[C@@H]2c2nc(C)no2)cc1OCC. The highest BCUT2D eigenvalue weighted by atomic mass is 16.5. The second-order valence-corrected chi connectivity index (χ2v) is 6.61. The molecule has 1 aromatic carbocycles. The molecule has 1 aliphatic rings. The van der Waals surface area contributed by atoms with E-state index in [9.17, 15) is 4.79 Å². The van der Waals surface area contributed by atoms with Gasteiger partial charge < -0.3 is 14.0 Å². The maximum absolute atomic E-state index is 12.9. The fourth-order valence-corrected chi connectivity index (χ4v) is 3.41. The van der Waals surface area contributed by atoms with Gasteiger partial charge in [-0.15, -0.1) is 0 Å². The quantitative estimate of drug-likeness (QED) is 0.654. The Balaban J connectivity index is 1.75. The highest BCUT2D eigenvalue weighted by Crippen LogP contribution is 2.31. The first-order chi connectivity index (χ1) is 13.1. The van der Waals surface area contributed by atoms with Gasteiger partial charge in [-0.1, -0.05) is 11.6 Å².